The molecule has 3 saturated heterocycles. The van der Waals surface area contributed by atoms with Gasteiger partial charge >= 0.3 is 5.97 Å². The van der Waals surface area contributed by atoms with Gasteiger partial charge in [-0.1, -0.05) is 33.8 Å². The number of fused-ring (bicyclic) bond motifs is 2. The predicted octanol–water partition coefficient (Wildman–Crippen LogP) is -1.26. The molecule has 0 aromatic carbocycles. The average Bonchev–Trinajstić information content (AvgIpc) is 3.90. The molecule has 0 aromatic heterocycles. The van der Waals surface area contributed by atoms with E-state index in [1.807, 2.05) is 13.0 Å². The molecule has 0 bridgehead atoms. The largest absolute Gasteiger partial charge is 0.458 e. The van der Waals surface area contributed by atoms with Crippen LogP contribution in [0.4, 0.5) is 0 Å². The Morgan fingerprint density at radius 1 is 0.727 bits per heavy atom. The van der Waals surface area contributed by atoms with Crippen molar-refractivity contribution in [1.82, 2.24) is 0 Å². The van der Waals surface area contributed by atoms with Gasteiger partial charge in [0.05, 0.1) is 38.6 Å². The molecule has 26 unspecified atom stereocenters. The van der Waals surface area contributed by atoms with Crippen LogP contribution in [0.5, 0.6) is 0 Å². The molecule has 5 saturated carbocycles. The number of ether oxygens (including phenoxy) is 7. The fraction of sp³-hybridized carbons (Fsp3) is 0.936. The first-order valence-electron chi connectivity index (χ1n) is 24.2. The van der Waals surface area contributed by atoms with Crippen LogP contribution < -0.4 is 0 Å². The van der Waals surface area contributed by atoms with Crippen LogP contribution >= 0.6 is 0 Å². The Labute approximate surface area is 384 Å². The summed E-state index contributed by atoms with van der Waals surface area (Å²) in [7, 11) is 0. The van der Waals surface area contributed by atoms with E-state index in [9.17, 15) is 61.0 Å². The van der Waals surface area contributed by atoms with Gasteiger partial charge in [0.1, 0.15) is 73.2 Å². The van der Waals surface area contributed by atoms with Gasteiger partial charge in [0.15, 0.2) is 18.9 Å². The standard InChI is InChI=1S/C47H74O19/c1-20-6-7-24(62-39(20)59)21(2)30-22(50)14-45(5)28-9-8-27-43(3,19-49)29(10-11-46(27)18-47(28,46)13-12-44(30,45)4)65-42-38(31(52)23(51)16-60-42)66-41-37(58)35(56)33(54)26(64-41)17-61-40-36(57)34(55)32(53)25(15-48)63-40/h6,21-38,40-42,48-58H,7-19H2,1-5H3. The normalized spacial score (nSPS) is 56.2. The number of hydrogen-bond acceptors (Lipinski definition) is 19. The van der Waals surface area contributed by atoms with Crippen LogP contribution in [0.1, 0.15) is 92.4 Å². The maximum Gasteiger partial charge on any atom is 0.333 e. The van der Waals surface area contributed by atoms with Gasteiger partial charge in [-0.25, -0.2) is 4.79 Å². The van der Waals surface area contributed by atoms with Crippen LogP contribution in [0.15, 0.2) is 11.6 Å². The topological polar surface area (TPSA) is 304 Å². The smallest absolute Gasteiger partial charge is 0.333 e. The van der Waals surface area contributed by atoms with Gasteiger partial charge in [-0.3, -0.25) is 0 Å². The second kappa shape index (κ2) is 17.7. The lowest BCUT2D eigenvalue weighted by molar-refractivity contribution is -0.372. The zero-order valence-electron chi connectivity index (χ0n) is 38.6. The monoisotopic (exact) mass is 942 g/mol. The van der Waals surface area contributed by atoms with E-state index in [0.717, 1.165) is 38.5 Å². The Hall–Kier alpha value is -1.47. The third kappa shape index (κ3) is 7.34. The third-order valence-electron chi connectivity index (χ3n) is 19.6. The van der Waals surface area contributed by atoms with Crippen LogP contribution in [0, 0.1) is 50.7 Å². The first kappa shape index (κ1) is 49.5. The minimum absolute atomic E-state index is 0.0245. The first-order chi connectivity index (χ1) is 31.1. The van der Waals surface area contributed by atoms with Crippen LogP contribution in [0.3, 0.4) is 0 Å². The minimum Gasteiger partial charge on any atom is -0.458 e. The molecule has 26 atom stereocenters. The fourth-order valence-corrected chi connectivity index (χ4v) is 15.8. The lowest BCUT2D eigenvalue weighted by atomic mass is 9.41. The molecular formula is C47H74O19. The molecule has 0 radical (unpaired) electrons. The van der Waals surface area contributed by atoms with Gasteiger partial charge in [0.25, 0.3) is 0 Å². The molecule has 0 aromatic rings. The van der Waals surface area contributed by atoms with Gasteiger partial charge < -0.3 is 89.3 Å². The van der Waals surface area contributed by atoms with Crippen molar-refractivity contribution in [2.75, 3.05) is 26.4 Å². The number of aliphatic hydroxyl groups is 11. The van der Waals surface area contributed by atoms with E-state index < -0.39 is 117 Å². The van der Waals surface area contributed by atoms with Crippen molar-refractivity contribution in [3.63, 3.8) is 0 Å². The Bertz CT molecular complexity index is 1820. The lowest BCUT2D eigenvalue weighted by Gasteiger charge is -2.63. The van der Waals surface area contributed by atoms with E-state index in [-0.39, 0.29) is 64.7 Å². The van der Waals surface area contributed by atoms with E-state index in [1.165, 1.54) is 0 Å². The zero-order chi connectivity index (χ0) is 47.6. The van der Waals surface area contributed by atoms with Crippen molar-refractivity contribution < 1.29 is 94.1 Å². The van der Waals surface area contributed by atoms with Gasteiger partial charge in [-0.05, 0) is 104 Å². The molecule has 9 aliphatic rings. The van der Waals surface area contributed by atoms with Crippen LogP contribution in [-0.4, -0.2) is 193 Å². The molecule has 376 valence electrons. The number of carbonyl (C=O) groups excluding carboxylic acids is 1. The van der Waals surface area contributed by atoms with Crippen molar-refractivity contribution in [2.24, 2.45) is 50.7 Å². The molecule has 66 heavy (non-hydrogen) atoms. The molecule has 19 heteroatoms. The molecule has 0 amide bonds. The van der Waals surface area contributed by atoms with E-state index >= 15 is 0 Å². The quantitative estimate of drug-likeness (QED) is 0.0851. The number of rotatable bonds is 11. The summed E-state index contributed by atoms with van der Waals surface area (Å²) in [6.45, 7) is 8.88. The number of esters is 1. The van der Waals surface area contributed by atoms with E-state index in [2.05, 4.69) is 20.8 Å². The highest BCUT2D eigenvalue weighted by Crippen LogP contribution is 2.89. The highest BCUT2D eigenvalue weighted by atomic mass is 16.8. The number of carbonyl (C=O) groups is 1. The minimum atomic E-state index is -1.88. The molecule has 19 nitrogen and oxygen atoms in total. The predicted molar refractivity (Wildman–Crippen MR) is 225 cm³/mol. The Kier molecular flexibility index (Phi) is 13.3. The summed E-state index contributed by atoms with van der Waals surface area (Å²) < 4.78 is 41.6. The molecule has 4 aliphatic heterocycles. The molecular weight excluding hydrogens is 868 g/mol. The van der Waals surface area contributed by atoms with Crippen LogP contribution in [0.25, 0.3) is 0 Å². The highest BCUT2D eigenvalue weighted by Gasteiger charge is 2.83. The summed E-state index contributed by atoms with van der Waals surface area (Å²) in [5.41, 5.74) is -0.520. The summed E-state index contributed by atoms with van der Waals surface area (Å²) in [6.07, 6.45) is -14.7. The van der Waals surface area contributed by atoms with Crippen molar-refractivity contribution in [1.29, 1.82) is 0 Å². The average molecular weight is 943 g/mol. The number of aliphatic hydroxyl groups excluding tert-OH is 11. The van der Waals surface area contributed by atoms with Crippen molar-refractivity contribution in [3.8, 4) is 0 Å². The zero-order valence-corrected chi connectivity index (χ0v) is 38.6. The Balaban J connectivity index is 0.893. The summed E-state index contributed by atoms with van der Waals surface area (Å²) >= 11 is 0. The lowest BCUT2D eigenvalue weighted by Crippen LogP contribution is -2.64. The van der Waals surface area contributed by atoms with Crippen LogP contribution in [0.2, 0.25) is 0 Å². The summed E-state index contributed by atoms with van der Waals surface area (Å²) in [6, 6.07) is 0. The molecule has 9 rings (SSSR count). The SMILES string of the molecule is CC1=CCC(C(C)C2C(O)CC3(C)C4CCC5C(C)(CO)C(OC6OCC(O)C(O)C6OC6OC(COC7OC(CO)C(O)C(O)C7O)C(O)C(O)C6O)CCC56CC46CCC23C)OC1=O. The van der Waals surface area contributed by atoms with Gasteiger partial charge in [-0.15, -0.1) is 0 Å². The van der Waals surface area contributed by atoms with Crippen molar-refractivity contribution in [2.45, 2.75) is 197 Å². The summed E-state index contributed by atoms with van der Waals surface area (Å²) in [5.74, 6) is 0.0703. The second-order valence-corrected chi connectivity index (χ2v) is 22.5. The van der Waals surface area contributed by atoms with Crippen molar-refractivity contribution in [3.05, 3.63) is 11.6 Å². The van der Waals surface area contributed by atoms with E-state index in [0.29, 0.717) is 30.8 Å². The number of cyclic esters (lactones) is 1. The second-order valence-electron chi connectivity index (χ2n) is 22.5. The Morgan fingerprint density at radius 3 is 2.06 bits per heavy atom. The third-order valence-corrected chi connectivity index (χ3v) is 19.6. The molecule has 2 spiro atoms. The Morgan fingerprint density at radius 2 is 1.38 bits per heavy atom. The molecule has 8 fully saturated rings. The maximum atomic E-state index is 12.6. The highest BCUT2D eigenvalue weighted by molar-refractivity contribution is 5.88. The molecule has 11 N–H and O–H groups in total. The first-order valence-corrected chi connectivity index (χ1v) is 24.2. The van der Waals surface area contributed by atoms with E-state index in [1.54, 1.807) is 6.92 Å². The number of hydrogen-bond donors (Lipinski definition) is 11. The van der Waals surface area contributed by atoms with Crippen LogP contribution in [-0.2, 0) is 38.0 Å². The summed E-state index contributed by atoms with van der Waals surface area (Å²) in [4.78, 5) is 12.6. The molecule has 5 aliphatic carbocycles. The van der Waals surface area contributed by atoms with E-state index in [4.69, 9.17) is 33.2 Å². The molecule has 4 heterocycles. The summed E-state index contributed by atoms with van der Waals surface area (Å²) in [5, 5.41) is 119. The fourth-order valence-electron chi connectivity index (χ4n) is 15.8. The van der Waals surface area contributed by atoms with Gasteiger partial charge in [-0.2, -0.15) is 0 Å². The maximum absolute atomic E-state index is 12.6. The van der Waals surface area contributed by atoms with Gasteiger partial charge in [0.2, 0.25) is 0 Å². The van der Waals surface area contributed by atoms with Gasteiger partial charge in [0, 0.05) is 17.4 Å². The van der Waals surface area contributed by atoms with Crippen molar-refractivity contribution >= 4 is 5.97 Å².